The molecule has 0 unspecified atom stereocenters. The van der Waals surface area contributed by atoms with Crippen LogP contribution in [0, 0.1) is 0 Å². The molecule has 0 spiro atoms. The minimum absolute atomic E-state index is 0.168. The summed E-state index contributed by atoms with van der Waals surface area (Å²) < 4.78 is 11.5. The quantitative estimate of drug-likeness (QED) is 0.651. The number of nitrogens with zero attached hydrogens (tertiary/aromatic N) is 2. The average Bonchev–Trinajstić information content (AvgIpc) is 3.19. The molecule has 0 bridgehead atoms. The van der Waals surface area contributed by atoms with Gasteiger partial charge < -0.3 is 19.8 Å². The molecule has 0 fully saturated rings. The van der Waals surface area contributed by atoms with Crippen molar-refractivity contribution in [1.29, 1.82) is 0 Å². The van der Waals surface area contributed by atoms with E-state index in [1.54, 1.807) is 29.2 Å². The average molecular weight is 405 g/mol. The number of rotatable bonds is 7. The number of aryl methyl sites for hydroxylation is 2. The standard InChI is InChI=1S/C23H23N3O4/c24-23(28)17-8-4-5-9-19(17)29-15-22(27)26-13-12-20-18(14-26)25-21(30-20)11-10-16-6-2-1-3-7-16/h1-9H,10-15H2,(H2,24,28). The lowest BCUT2D eigenvalue weighted by Crippen LogP contribution is -2.38. The first kappa shape index (κ1) is 19.7. The first-order chi connectivity index (χ1) is 14.6. The van der Waals surface area contributed by atoms with Gasteiger partial charge in [0.25, 0.3) is 11.8 Å². The van der Waals surface area contributed by atoms with E-state index < -0.39 is 5.91 Å². The maximum absolute atomic E-state index is 12.6. The Labute approximate surface area is 174 Å². The van der Waals surface area contributed by atoms with Gasteiger partial charge in [0, 0.05) is 19.4 Å². The third-order valence-electron chi connectivity index (χ3n) is 5.10. The highest BCUT2D eigenvalue weighted by Crippen LogP contribution is 2.22. The fraction of sp³-hybridized carbons (Fsp3) is 0.261. The van der Waals surface area contributed by atoms with Crippen molar-refractivity contribution in [1.82, 2.24) is 9.88 Å². The van der Waals surface area contributed by atoms with Gasteiger partial charge in [0.05, 0.1) is 12.1 Å². The number of aromatic nitrogens is 1. The van der Waals surface area contributed by atoms with Crippen LogP contribution in [-0.2, 0) is 30.6 Å². The van der Waals surface area contributed by atoms with Crippen LogP contribution in [0.2, 0.25) is 0 Å². The van der Waals surface area contributed by atoms with Gasteiger partial charge in [0.15, 0.2) is 12.5 Å². The zero-order valence-corrected chi connectivity index (χ0v) is 16.5. The number of para-hydroxylation sites is 1. The zero-order chi connectivity index (χ0) is 20.9. The van der Waals surface area contributed by atoms with E-state index in [0.717, 1.165) is 24.3 Å². The van der Waals surface area contributed by atoms with Crippen molar-refractivity contribution in [3.05, 3.63) is 83.1 Å². The lowest BCUT2D eigenvalue weighted by molar-refractivity contribution is -0.134. The minimum Gasteiger partial charge on any atom is -0.483 e. The number of primary amides is 1. The number of amides is 2. The molecule has 0 saturated heterocycles. The maximum Gasteiger partial charge on any atom is 0.260 e. The molecule has 2 aromatic carbocycles. The van der Waals surface area contributed by atoms with Crippen LogP contribution in [0.3, 0.4) is 0 Å². The number of hydrogen-bond donors (Lipinski definition) is 1. The number of hydrogen-bond acceptors (Lipinski definition) is 5. The van der Waals surface area contributed by atoms with Gasteiger partial charge in [-0.1, -0.05) is 42.5 Å². The van der Waals surface area contributed by atoms with E-state index in [-0.39, 0.29) is 18.1 Å². The third-order valence-corrected chi connectivity index (χ3v) is 5.10. The van der Waals surface area contributed by atoms with Crippen molar-refractivity contribution in [3.8, 4) is 5.75 Å². The summed E-state index contributed by atoms with van der Waals surface area (Å²) in [6.45, 7) is 0.766. The van der Waals surface area contributed by atoms with Gasteiger partial charge in [0.2, 0.25) is 0 Å². The Morgan fingerprint density at radius 2 is 1.83 bits per heavy atom. The number of ether oxygens (including phenoxy) is 1. The van der Waals surface area contributed by atoms with Crippen LogP contribution < -0.4 is 10.5 Å². The van der Waals surface area contributed by atoms with Gasteiger partial charge in [-0.05, 0) is 24.1 Å². The van der Waals surface area contributed by atoms with Crippen molar-refractivity contribution in [2.75, 3.05) is 13.2 Å². The van der Waals surface area contributed by atoms with Crippen molar-refractivity contribution >= 4 is 11.8 Å². The second kappa shape index (κ2) is 8.82. The van der Waals surface area contributed by atoms with E-state index in [1.807, 2.05) is 18.2 Å². The highest BCUT2D eigenvalue weighted by atomic mass is 16.5. The third kappa shape index (κ3) is 4.51. The van der Waals surface area contributed by atoms with Gasteiger partial charge in [-0.2, -0.15) is 0 Å². The van der Waals surface area contributed by atoms with Crippen LogP contribution in [0.4, 0.5) is 0 Å². The summed E-state index contributed by atoms with van der Waals surface area (Å²) in [5, 5.41) is 0. The predicted octanol–water partition coefficient (Wildman–Crippen LogP) is 2.52. The number of nitrogens with two attached hydrogens (primary N) is 1. The van der Waals surface area contributed by atoms with E-state index in [2.05, 4.69) is 17.1 Å². The molecule has 4 rings (SSSR count). The fourth-order valence-corrected chi connectivity index (χ4v) is 3.49. The van der Waals surface area contributed by atoms with Crippen molar-refractivity contribution in [3.63, 3.8) is 0 Å². The normalized spacial score (nSPS) is 13.0. The molecule has 30 heavy (non-hydrogen) atoms. The Morgan fingerprint density at radius 1 is 1.07 bits per heavy atom. The van der Waals surface area contributed by atoms with E-state index in [9.17, 15) is 9.59 Å². The van der Waals surface area contributed by atoms with Gasteiger partial charge in [-0.3, -0.25) is 9.59 Å². The van der Waals surface area contributed by atoms with Crippen molar-refractivity contribution in [2.45, 2.75) is 25.8 Å². The van der Waals surface area contributed by atoms with Gasteiger partial charge in [-0.15, -0.1) is 0 Å². The van der Waals surface area contributed by atoms with Gasteiger partial charge in [-0.25, -0.2) is 4.98 Å². The summed E-state index contributed by atoms with van der Waals surface area (Å²) >= 11 is 0. The summed E-state index contributed by atoms with van der Waals surface area (Å²) in [4.78, 5) is 30.4. The van der Waals surface area contributed by atoms with E-state index in [4.69, 9.17) is 14.9 Å². The lowest BCUT2D eigenvalue weighted by atomic mass is 10.1. The largest absolute Gasteiger partial charge is 0.483 e. The molecule has 7 heteroatoms. The molecule has 1 aliphatic heterocycles. The van der Waals surface area contributed by atoms with Crippen LogP contribution in [0.5, 0.6) is 5.75 Å². The Morgan fingerprint density at radius 3 is 2.63 bits per heavy atom. The first-order valence-corrected chi connectivity index (χ1v) is 9.91. The highest BCUT2D eigenvalue weighted by molar-refractivity contribution is 5.95. The topological polar surface area (TPSA) is 98.7 Å². The lowest BCUT2D eigenvalue weighted by Gasteiger charge is -2.25. The van der Waals surface area contributed by atoms with E-state index >= 15 is 0 Å². The summed E-state index contributed by atoms with van der Waals surface area (Å²) in [5.74, 6) is 1.09. The number of benzene rings is 2. The zero-order valence-electron chi connectivity index (χ0n) is 16.5. The molecule has 1 aliphatic rings. The van der Waals surface area contributed by atoms with E-state index in [1.165, 1.54) is 5.56 Å². The molecule has 1 aromatic heterocycles. The minimum atomic E-state index is -0.591. The maximum atomic E-state index is 12.6. The van der Waals surface area contributed by atoms with Gasteiger partial charge in [0.1, 0.15) is 17.2 Å². The summed E-state index contributed by atoms with van der Waals surface area (Å²) in [7, 11) is 0. The smallest absolute Gasteiger partial charge is 0.260 e. The molecule has 0 atom stereocenters. The fourth-order valence-electron chi connectivity index (χ4n) is 3.49. The number of carbonyl (C=O) groups is 2. The second-order valence-corrected chi connectivity index (χ2v) is 7.18. The van der Waals surface area contributed by atoms with Crippen molar-refractivity contribution < 1.29 is 18.7 Å². The van der Waals surface area contributed by atoms with Crippen LogP contribution in [0.1, 0.15) is 33.3 Å². The molecule has 2 N–H and O–H groups in total. The summed E-state index contributed by atoms with van der Waals surface area (Å²) in [6.07, 6.45) is 2.20. The monoisotopic (exact) mass is 405 g/mol. The first-order valence-electron chi connectivity index (χ1n) is 9.91. The Bertz CT molecular complexity index is 1050. The van der Waals surface area contributed by atoms with Crippen LogP contribution >= 0.6 is 0 Å². The molecule has 154 valence electrons. The Balaban J connectivity index is 1.34. The van der Waals surface area contributed by atoms with Crippen LogP contribution in [-0.4, -0.2) is 34.8 Å². The van der Waals surface area contributed by atoms with Crippen LogP contribution in [0.15, 0.2) is 59.0 Å². The SMILES string of the molecule is NC(=O)c1ccccc1OCC(=O)N1CCc2oc(CCc3ccccc3)nc2C1. The van der Waals surface area contributed by atoms with Crippen molar-refractivity contribution in [2.24, 2.45) is 5.73 Å². The molecular formula is C23H23N3O4. The number of oxazole rings is 1. The van der Waals surface area contributed by atoms with Gasteiger partial charge >= 0.3 is 0 Å². The molecule has 0 saturated carbocycles. The molecule has 2 amide bonds. The molecule has 0 aliphatic carbocycles. The Hall–Kier alpha value is -3.61. The molecule has 7 nitrogen and oxygen atoms in total. The summed E-state index contributed by atoms with van der Waals surface area (Å²) in [6, 6.07) is 16.8. The number of carbonyl (C=O) groups excluding carboxylic acids is 2. The Kier molecular flexibility index (Phi) is 5.79. The second-order valence-electron chi connectivity index (χ2n) is 7.18. The molecule has 3 aromatic rings. The molecule has 0 radical (unpaired) electrons. The molecule has 2 heterocycles. The number of fused-ring (bicyclic) bond motifs is 1. The molecular weight excluding hydrogens is 382 g/mol. The summed E-state index contributed by atoms with van der Waals surface area (Å²) in [5.41, 5.74) is 7.64. The van der Waals surface area contributed by atoms with Crippen LogP contribution in [0.25, 0.3) is 0 Å². The van der Waals surface area contributed by atoms with E-state index in [0.29, 0.717) is 31.2 Å². The predicted molar refractivity (Wildman–Crippen MR) is 110 cm³/mol. The highest BCUT2D eigenvalue weighted by Gasteiger charge is 2.26.